The van der Waals surface area contributed by atoms with Crippen molar-refractivity contribution in [1.29, 1.82) is 0 Å². The highest BCUT2D eigenvalue weighted by Gasteiger charge is 2.30. The average molecular weight is 1280 g/mol. The Hall–Kier alpha value is -1.94. The molecule has 0 bridgehead atoms. The minimum atomic E-state index is -4.95. The van der Waals surface area contributed by atoms with Crippen LogP contribution in [0.1, 0.15) is 343 Å². The van der Waals surface area contributed by atoms with Crippen LogP contribution in [0.4, 0.5) is 0 Å². The molecule has 0 rings (SSSR count). The maximum Gasteiger partial charge on any atom is 0.472 e. The number of carbonyl (C=O) groups is 4. The molecule has 17 nitrogen and oxygen atoms in total. The molecule has 0 aromatic carbocycles. The first-order chi connectivity index (χ1) is 41.9. The Balaban J connectivity index is 5.24. The highest BCUT2D eigenvalue weighted by molar-refractivity contribution is 7.47. The van der Waals surface area contributed by atoms with Crippen LogP contribution in [-0.4, -0.2) is 96.7 Å². The predicted octanol–water partition coefficient (Wildman–Crippen LogP) is 19.2. The van der Waals surface area contributed by atoms with E-state index in [1.54, 1.807) is 0 Å². The van der Waals surface area contributed by atoms with Crippen LogP contribution in [0.15, 0.2) is 0 Å². The lowest BCUT2D eigenvalue weighted by Gasteiger charge is -2.21. The summed E-state index contributed by atoms with van der Waals surface area (Å²) < 4.78 is 68.2. The largest absolute Gasteiger partial charge is 0.472 e. The van der Waals surface area contributed by atoms with Crippen molar-refractivity contribution < 1.29 is 80.2 Å². The quantitative estimate of drug-likeness (QED) is 0.0222. The highest BCUT2D eigenvalue weighted by atomic mass is 31.2. The molecule has 0 radical (unpaired) electrons. The van der Waals surface area contributed by atoms with Gasteiger partial charge in [-0.05, 0) is 37.5 Å². The van der Waals surface area contributed by atoms with Crippen molar-refractivity contribution in [3.63, 3.8) is 0 Å². The number of unbranched alkanes of at least 4 members (excludes halogenated alkanes) is 36. The van der Waals surface area contributed by atoms with Crippen molar-refractivity contribution in [2.75, 3.05) is 39.6 Å². The zero-order chi connectivity index (χ0) is 64.3. The van der Waals surface area contributed by atoms with Gasteiger partial charge in [0.05, 0.1) is 26.4 Å². The van der Waals surface area contributed by atoms with Crippen LogP contribution >= 0.6 is 15.6 Å². The SMILES string of the molecule is CCCCCCCCCCCCCCCCCC(=O)O[C@H](COC(=O)CCCCCCCCCCC(C)CC)COP(=O)(O)OC[C@@H](O)COP(=O)(O)OC[C@@H](COC(=O)CCCCCCCCCCCC)OC(=O)CCCCCCCCCC(C)C. The standard InChI is InChI=1S/C68H132O17P2/c1-7-10-12-14-16-18-20-21-22-23-24-26-34-40-46-52-67(72)84-63(56-79-66(71)51-45-39-33-28-27-31-37-43-49-61(6)9-3)58-82-86(74,75)80-54-62(69)55-81-87(76,77)83-59-64(85-68(73)53-47-41-35-29-30-36-42-48-60(4)5)57-78-65(70)50-44-38-32-25-19-17-15-13-11-8-2/h60-64,69H,7-59H2,1-6H3,(H,74,75)(H,76,77)/t61?,62-,63-,64-/m1/s1. The van der Waals surface area contributed by atoms with Crippen molar-refractivity contribution in [3.8, 4) is 0 Å². The van der Waals surface area contributed by atoms with Crippen LogP contribution in [0.5, 0.6) is 0 Å². The third-order valence-electron chi connectivity index (χ3n) is 16.1. The number of carbonyl (C=O) groups excluding carboxylic acids is 4. The van der Waals surface area contributed by atoms with Gasteiger partial charge in [0.1, 0.15) is 19.3 Å². The molecule has 0 aliphatic rings. The van der Waals surface area contributed by atoms with E-state index in [0.29, 0.717) is 31.6 Å². The summed E-state index contributed by atoms with van der Waals surface area (Å²) in [5, 5.41) is 10.6. The Bertz CT molecular complexity index is 1700. The molecular formula is C68H132O17P2. The second-order valence-electron chi connectivity index (χ2n) is 25.3. The van der Waals surface area contributed by atoms with E-state index in [4.69, 9.17) is 37.0 Å². The molecule has 0 fully saturated rings. The van der Waals surface area contributed by atoms with Gasteiger partial charge in [-0.15, -0.1) is 0 Å². The molecule has 0 amide bonds. The van der Waals surface area contributed by atoms with Gasteiger partial charge in [-0.3, -0.25) is 37.3 Å². The van der Waals surface area contributed by atoms with E-state index < -0.39 is 97.5 Å². The van der Waals surface area contributed by atoms with Crippen LogP contribution < -0.4 is 0 Å². The summed E-state index contributed by atoms with van der Waals surface area (Å²) in [6, 6.07) is 0. The molecular weight excluding hydrogens is 1150 g/mol. The molecule has 0 saturated carbocycles. The number of phosphoric ester groups is 2. The fourth-order valence-corrected chi connectivity index (χ4v) is 11.8. The first kappa shape index (κ1) is 85.1. The number of hydrogen-bond donors (Lipinski definition) is 3. The van der Waals surface area contributed by atoms with Crippen LogP contribution in [0, 0.1) is 11.8 Å². The molecule has 0 aliphatic heterocycles. The van der Waals surface area contributed by atoms with Crippen molar-refractivity contribution >= 4 is 39.5 Å². The molecule has 0 aromatic rings. The van der Waals surface area contributed by atoms with E-state index in [2.05, 4.69) is 41.5 Å². The van der Waals surface area contributed by atoms with E-state index in [0.717, 1.165) is 95.8 Å². The maximum atomic E-state index is 13.0. The van der Waals surface area contributed by atoms with Gasteiger partial charge in [-0.2, -0.15) is 0 Å². The third-order valence-corrected chi connectivity index (χ3v) is 18.0. The summed E-state index contributed by atoms with van der Waals surface area (Å²) in [5.74, 6) is -0.655. The molecule has 0 aliphatic carbocycles. The van der Waals surface area contributed by atoms with Crippen molar-refractivity contribution in [3.05, 3.63) is 0 Å². The Labute approximate surface area is 530 Å². The summed E-state index contributed by atoms with van der Waals surface area (Å²) in [6.07, 6.45) is 44.4. The average Bonchev–Trinajstić information content (AvgIpc) is 3.63. The summed E-state index contributed by atoms with van der Waals surface area (Å²) >= 11 is 0. The maximum absolute atomic E-state index is 13.0. The number of hydrogen-bond acceptors (Lipinski definition) is 15. The summed E-state index contributed by atoms with van der Waals surface area (Å²) in [7, 11) is -9.89. The molecule has 0 heterocycles. The minimum Gasteiger partial charge on any atom is -0.462 e. The number of aliphatic hydroxyl groups is 1. The lowest BCUT2D eigenvalue weighted by Crippen LogP contribution is -2.30. The van der Waals surface area contributed by atoms with Gasteiger partial charge in [0, 0.05) is 25.7 Å². The molecule has 516 valence electrons. The van der Waals surface area contributed by atoms with Gasteiger partial charge in [0.2, 0.25) is 0 Å². The van der Waals surface area contributed by atoms with E-state index in [-0.39, 0.29) is 25.7 Å². The fourth-order valence-electron chi connectivity index (χ4n) is 10.2. The Morgan fingerprint density at radius 2 is 0.586 bits per heavy atom. The van der Waals surface area contributed by atoms with Gasteiger partial charge in [-0.25, -0.2) is 9.13 Å². The fraction of sp³-hybridized carbons (Fsp3) is 0.941. The van der Waals surface area contributed by atoms with Crippen molar-refractivity contribution in [2.45, 2.75) is 362 Å². The van der Waals surface area contributed by atoms with E-state index >= 15 is 0 Å². The zero-order valence-corrected chi connectivity index (χ0v) is 58.1. The predicted molar refractivity (Wildman–Crippen MR) is 349 cm³/mol. The summed E-state index contributed by atoms with van der Waals surface area (Å²) in [6.45, 7) is 9.47. The molecule has 0 aromatic heterocycles. The van der Waals surface area contributed by atoms with Gasteiger partial charge in [0.25, 0.3) is 0 Å². The number of rotatable bonds is 67. The van der Waals surface area contributed by atoms with Crippen LogP contribution in [0.25, 0.3) is 0 Å². The zero-order valence-electron chi connectivity index (χ0n) is 56.3. The lowest BCUT2D eigenvalue weighted by molar-refractivity contribution is -0.161. The second kappa shape index (κ2) is 60.3. The first-order valence-corrected chi connectivity index (χ1v) is 38.5. The first-order valence-electron chi connectivity index (χ1n) is 35.5. The summed E-state index contributed by atoms with van der Waals surface area (Å²) in [4.78, 5) is 72.4. The Morgan fingerprint density at radius 3 is 0.874 bits per heavy atom. The smallest absolute Gasteiger partial charge is 0.462 e. The number of aliphatic hydroxyl groups excluding tert-OH is 1. The van der Waals surface area contributed by atoms with Crippen LogP contribution in [0.3, 0.4) is 0 Å². The molecule has 3 N–H and O–H groups in total. The van der Waals surface area contributed by atoms with Crippen molar-refractivity contribution in [1.82, 2.24) is 0 Å². The normalized spacial score (nSPS) is 14.5. The van der Waals surface area contributed by atoms with Gasteiger partial charge < -0.3 is 33.8 Å². The van der Waals surface area contributed by atoms with E-state index in [1.807, 2.05) is 0 Å². The molecule has 0 spiro atoms. The molecule has 6 atom stereocenters. The van der Waals surface area contributed by atoms with Gasteiger partial charge >= 0.3 is 39.5 Å². The molecule has 87 heavy (non-hydrogen) atoms. The molecule has 3 unspecified atom stereocenters. The number of ether oxygens (including phenoxy) is 4. The Kier molecular flexibility index (Phi) is 59.0. The van der Waals surface area contributed by atoms with Gasteiger partial charge in [0.15, 0.2) is 12.2 Å². The minimum absolute atomic E-state index is 0.103. The summed E-state index contributed by atoms with van der Waals surface area (Å²) in [5.41, 5.74) is 0. The van der Waals surface area contributed by atoms with E-state index in [9.17, 15) is 43.2 Å². The number of esters is 4. The molecule has 0 saturated heterocycles. The second-order valence-corrected chi connectivity index (χ2v) is 28.2. The lowest BCUT2D eigenvalue weighted by atomic mass is 9.99. The van der Waals surface area contributed by atoms with Crippen LogP contribution in [-0.2, 0) is 65.4 Å². The molecule has 19 heteroatoms. The highest BCUT2D eigenvalue weighted by Crippen LogP contribution is 2.45. The number of phosphoric acid groups is 2. The topological polar surface area (TPSA) is 237 Å². The monoisotopic (exact) mass is 1280 g/mol. The van der Waals surface area contributed by atoms with Gasteiger partial charge in [-0.1, -0.05) is 292 Å². The van der Waals surface area contributed by atoms with Crippen LogP contribution in [0.2, 0.25) is 0 Å². The van der Waals surface area contributed by atoms with Crippen molar-refractivity contribution in [2.24, 2.45) is 11.8 Å². The Morgan fingerprint density at radius 1 is 0.333 bits per heavy atom. The third kappa shape index (κ3) is 61.3. The van der Waals surface area contributed by atoms with E-state index in [1.165, 1.54) is 161 Å².